The van der Waals surface area contributed by atoms with Gasteiger partial charge in [0.05, 0.1) is 6.61 Å². The van der Waals surface area contributed by atoms with Crippen LogP contribution in [0.25, 0.3) is 5.57 Å². The number of rotatable bonds is 3. The van der Waals surface area contributed by atoms with Crippen molar-refractivity contribution in [1.29, 1.82) is 0 Å². The lowest BCUT2D eigenvalue weighted by Gasteiger charge is -2.22. The van der Waals surface area contributed by atoms with Gasteiger partial charge < -0.3 is 10.1 Å². The van der Waals surface area contributed by atoms with Gasteiger partial charge in [-0.1, -0.05) is 24.8 Å². The lowest BCUT2D eigenvalue weighted by atomic mass is 10.1. The largest absolute Gasteiger partial charge is 0.487 e. The number of hydrogen-bond donors (Lipinski definition) is 1. The van der Waals surface area contributed by atoms with Gasteiger partial charge in [0.1, 0.15) is 4.91 Å². The van der Waals surface area contributed by atoms with Crippen molar-refractivity contribution < 1.29 is 22.7 Å². The zero-order valence-corrected chi connectivity index (χ0v) is 12.6. The lowest BCUT2D eigenvalue weighted by Crippen LogP contribution is -2.26. The third-order valence-electron chi connectivity index (χ3n) is 2.88. The summed E-state index contributed by atoms with van der Waals surface area (Å²) in [5.41, 5.74) is 1.79. The summed E-state index contributed by atoms with van der Waals surface area (Å²) in [6, 6.07) is 6.80. The fourth-order valence-corrected chi connectivity index (χ4v) is 2.80. The Bertz CT molecular complexity index is 638. The highest BCUT2D eigenvalue weighted by Gasteiger charge is 2.42. The summed E-state index contributed by atoms with van der Waals surface area (Å²) < 4.78 is 43.4. The van der Waals surface area contributed by atoms with Crippen LogP contribution in [0.15, 0.2) is 41.5 Å². The number of benzene rings is 1. The monoisotopic (exact) mass is 329 g/mol. The molecule has 3 nitrogen and oxygen atoms in total. The normalized spacial score (nSPS) is 15.3. The fraction of sp³-hybridized carbons (Fsp3) is 0.267. The van der Waals surface area contributed by atoms with E-state index < -0.39 is 22.7 Å². The minimum atomic E-state index is -4.69. The smallest absolute Gasteiger partial charge is 0.450 e. The van der Waals surface area contributed by atoms with Gasteiger partial charge in [0, 0.05) is 17.0 Å². The topological polar surface area (TPSA) is 38.3 Å². The Morgan fingerprint density at radius 2 is 2.05 bits per heavy atom. The van der Waals surface area contributed by atoms with E-state index in [9.17, 15) is 18.0 Å². The molecular formula is C15H14F3NO2S. The van der Waals surface area contributed by atoms with E-state index in [4.69, 9.17) is 0 Å². The molecule has 22 heavy (non-hydrogen) atoms. The molecule has 0 aliphatic carbocycles. The van der Waals surface area contributed by atoms with Gasteiger partial charge in [-0.15, -0.1) is 11.8 Å². The average molecular weight is 329 g/mol. The number of ether oxygens (including phenoxy) is 1. The highest BCUT2D eigenvalue weighted by atomic mass is 32.2. The summed E-state index contributed by atoms with van der Waals surface area (Å²) in [6.45, 7) is 5.47. The second-order valence-electron chi connectivity index (χ2n) is 4.63. The standard InChI is InChI=1S/C15H14F3NO2S/c1-9(2)10-5-3-4-6-11(10)19-14(20)12-13(15(16,17)18)21-7-8-22-12/h3-6H,1,7-8H2,2H3,(H,19,20). The Labute approximate surface area is 130 Å². The Hall–Kier alpha value is -1.89. The molecule has 1 aliphatic rings. The van der Waals surface area contributed by atoms with Crippen molar-refractivity contribution in [1.82, 2.24) is 0 Å². The first-order valence-electron chi connectivity index (χ1n) is 6.44. The van der Waals surface area contributed by atoms with Gasteiger partial charge in [-0.2, -0.15) is 13.2 Å². The SMILES string of the molecule is C=C(C)c1ccccc1NC(=O)C1=C(C(F)(F)F)OCCS1. The summed E-state index contributed by atoms with van der Waals surface area (Å²) >= 11 is 0.840. The second kappa shape index (κ2) is 6.48. The number of hydrogen-bond acceptors (Lipinski definition) is 3. The number of carbonyl (C=O) groups excluding carboxylic acids is 1. The molecule has 0 saturated carbocycles. The molecule has 1 heterocycles. The van der Waals surface area contributed by atoms with Crippen molar-refractivity contribution in [2.75, 3.05) is 17.7 Å². The van der Waals surface area contributed by atoms with Crippen LogP contribution in [-0.4, -0.2) is 24.4 Å². The maximum atomic E-state index is 12.9. The number of carbonyl (C=O) groups is 1. The number of halogens is 3. The van der Waals surface area contributed by atoms with Crippen LogP contribution in [-0.2, 0) is 9.53 Å². The number of nitrogens with one attached hydrogen (secondary N) is 1. The maximum absolute atomic E-state index is 12.9. The van der Waals surface area contributed by atoms with Gasteiger partial charge in [-0.25, -0.2) is 0 Å². The molecule has 0 fully saturated rings. The zero-order valence-electron chi connectivity index (χ0n) is 11.8. The Balaban J connectivity index is 2.32. The minimum absolute atomic E-state index is 0.0708. The number of anilines is 1. The first-order valence-corrected chi connectivity index (χ1v) is 7.42. The van der Waals surface area contributed by atoms with Crippen molar-refractivity contribution >= 4 is 28.9 Å². The number of amides is 1. The Morgan fingerprint density at radius 3 is 2.68 bits per heavy atom. The van der Waals surface area contributed by atoms with Crippen molar-refractivity contribution in [3.05, 3.63) is 47.1 Å². The maximum Gasteiger partial charge on any atom is 0.450 e. The Morgan fingerprint density at radius 1 is 1.36 bits per heavy atom. The molecule has 0 spiro atoms. The van der Waals surface area contributed by atoms with Crippen LogP contribution in [0.1, 0.15) is 12.5 Å². The molecule has 1 aromatic carbocycles. The van der Waals surface area contributed by atoms with Crippen molar-refractivity contribution in [3.8, 4) is 0 Å². The number of thioether (sulfide) groups is 1. The lowest BCUT2D eigenvalue weighted by molar-refractivity contribution is -0.133. The van der Waals surface area contributed by atoms with Crippen molar-refractivity contribution in [3.63, 3.8) is 0 Å². The van der Waals surface area contributed by atoms with Gasteiger partial charge in [0.25, 0.3) is 5.91 Å². The molecule has 1 N–H and O–H groups in total. The summed E-state index contributed by atoms with van der Waals surface area (Å²) in [7, 11) is 0. The quantitative estimate of drug-likeness (QED) is 0.903. The van der Waals surface area contributed by atoms with Gasteiger partial charge in [-0.3, -0.25) is 4.79 Å². The predicted molar refractivity (Wildman–Crippen MR) is 81.3 cm³/mol. The van der Waals surface area contributed by atoms with E-state index >= 15 is 0 Å². The van der Waals surface area contributed by atoms with Gasteiger partial charge in [0.15, 0.2) is 0 Å². The van der Waals surface area contributed by atoms with E-state index in [1.807, 2.05) is 0 Å². The van der Waals surface area contributed by atoms with E-state index in [2.05, 4.69) is 16.6 Å². The molecule has 0 atom stereocenters. The van der Waals surface area contributed by atoms with Crippen molar-refractivity contribution in [2.45, 2.75) is 13.1 Å². The number of allylic oxidation sites excluding steroid dienone is 2. The zero-order chi connectivity index (χ0) is 16.3. The molecule has 0 aromatic heterocycles. The summed E-state index contributed by atoms with van der Waals surface area (Å²) in [5, 5.41) is 2.51. The second-order valence-corrected chi connectivity index (χ2v) is 5.74. The van der Waals surface area contributed by atoms with E-state index in [0.29, 0.717) is 22.6 Å². The fourth-order valence-electron chi connectivity index (χ4n) is 1.94. The van der Waals surface area contributed by atoms with E-state index in [0.717, 1.165) is 11.8 Å². The van der Waals surface area contributed by atoms with Crippen LogP contribution in [0.2, 0.25) is 0 Å². The summed E-state index contributed by atoms with van der Waals surface area (Å²) in [4.78, 5) is 11.8. The molecule has 2 rings (SSSR count). The molecule has 1 aromatic rings. The van der Waals surface area contributed by atoms with E-state index in [1.54, 1.807) is 31.2 Å². The van der Waals surface area contributed by atoms with Crippen LogP contribution < -0.4 is 5.32 Å². The average Bonchev–Trinajstić information content (AvgIpc) is 2.46. The molecule has 118 valence electrons. The predicted octanol–water partition coefficient (Wildman–Crippen LogP) is 4.20. The molecule has 0 bridgehead atoms. The van der Waals surface area contributed by atoms with Gasteiger partial charge >= 0.3 is 6.18 Å². The molecule has 0 unspecified atom stereocenters. The molecule has 1 aliphatic heterocycles. The van der Waals surface area contributed by atoms with Gasteiger partial charge in [0.2, 0.25) is 5.76 Å². The highest BCUT2D eigenvalue weighted by Crippen LogP contribution is 2.37. The number of alkyl halides is 3. The van der Waals surface area contributed by atoms with Crippen LogP contribution in [0.5, 0.6) is 0 Å². The molecule has 0 radical (unpaired) electrons. The summed E-state index contributed by atoms with van der Waals surface area (Å²) in [5.74, 6) is -1.76. The van der Waals surface area contributed by atoms with Crippen LogP contribution >= 0.6 is 11.8 Å². The molecule has 1 amide bonds. The van der Waals surface area contributed by atoms with Gasteiger partial charge in [-0.05, 0) is 18.6 Å². The highest BCUT2D eigenvalue weighted by molar-refractivity contribution is 8.04. The van der Waals surface area contributed by atoms with Crippen LogP contribution in [0.3, 0.4) is 0 Å². The minimum Gasteiger partial charge on any atom is -0.487 e. The molecule has 7 heteroatoms. The van der Waals surface area contributed by atoms with Crippen LogP contribution in [0.4, 0.5) is 18.9 Å². The van der Waals surface area contributed by atoms with E-state index in [1.165, 1.54) is 0 Å². The first kappa shape index (κ1) is 16.5. The van der Waals surface area contributed by atoms with Crippen LogP contribution in [0, 0.1) is 0 Å². The third-order valence-corrected chi connectivity index (χ3v) is 3.91. The first-order chi connectivity index (χ1) is 10.3. The molecular weight excluding hydrogens is 315 g/mol. The van der Waals surface area contributed by atoms with Crippen molar-refractivity contribution in [2.24, 2.45) is 0 Å². The third kappa shape index (κ3) is 3.65. The number of para-hydroxylation sites is 1. The molecule has 0 saturated heterocycles. The van der Waals surface area contributed by atoms with E-state index in [-0.39, 0.29) is 6.61 Å². The Kier molecular flexibility index (Phi) is 4.85. The summed E-state index contributed by atoms with van der Waals surface area (Å²) in [6.07, 6.45) is -4.69.